The van der Waals surface area contributed by atoms with Gasteiger partial charge in [-0.05, 0) is 49.9 Å². The molecule has 0 unspecified atom stereocenters. The van der Waals surface area contributed by atoms with Gasteiger partial charge in [-0.25, -0.2) is 0 Å². The van der Waals surface area contributed by atoms with E-state index in [2.05, 4.69) is 25.6 Å². The van der Waals surface area contributed by atoms with E-state index in [9.17, 15) is 8.42 Å². The fraction of sp³-hybridized carbons (Fsp3) is 0.333. The van der Waals surface area contributed by atoms with Crippen LogP contribution in [0.3, 0.4) is 0 Å². The molecule has 3 N–H and O–H groups in total. The van der Waals surface area contributed by atoms with Gasteiger partial charge in [-0.1, -0.05) is 12.6 Å². The molecule has 8 nitrogen and oxygen atoms in total. The SMILES string of the molecule is C=C(c1ccncc1C)N1CCCC[C@@H]1COc1cccc2c1C(N)=NS(=O)(=O)N2. The summed E-state index contributed by atoms with van der Waals surface area (Å²) in [5.74, 6) is 0.434. The van der Waals surface area contributed by atoms with Crippen LogP contribution in [0.25, 0.3) is 5.70 Å². The topological polar surface area (TPSA) is 110 Å². The highest BCUT2D eigenvalue weighted by Crippen LogP contribution is 2.32. The minimum atomic E-state index is -3.82. The number of nitrogens with one attached hydrogen (secondary N) is 1. The molecule has 30 heavy (non-hydrogen) atoms. The highest BCUT2D eigenvalue weighted by Gasteiger charge is 2.28. The van der Waals surface area contributed by atoms with Crippen LogP contribution >= 0.6 is 0 Å². The average Bonchev–Trinajstić information content (AvgIpc) is 2.71. The van der Waals surface area contributed by atoms with Crippen molar-refractivity contribution in [2.75, 3.05) is 17.9 Å². The van der Waals surface area contributed by atoms with Crippen molar-refractivity contribution < 1.29 is 13.2 Å². The zero-order valence-electron chi connectivity index (χ0n) is 16.8. The lowest BCUT2D eigenvalue weighted by molar-refractivity contribution is 0.152. The number of hydrogen-bond donors (Lipinski definition) is 2. The summed E-state index contributed by atoms with van der Waals surface area (Å²) in [5, 5.41) is 0. The van der Waals surface area contributed by atoms with Crippen molar-refractivity contribution in [3.05, 3.63) is 59.9 Å². The van der Waals surface area contributed by atoms with Gasteiger partial charge in [0.15, 0.2) is 5.84 Å². The standard InChI is InChI=1S/C21H25N5O3S/c1-14-12-23-10-9-17(14)15(2)26-11-4-3-6-16(26)13-29-19-8-5-7-18-20(19)21(22)25-30(27,28)24-18/h5,7-10,12,16,24H,2-4,6,11,13H2,1H3,(H2,22,25)/t16-/m1/s1. The number of amidine groups is 1. The van der Waals surface area contributed by atoms with Crippen LogP contribution in [0.2, 0.25) is 0 Å². The van der Waals surface area contributed by atoms with Gasteiger partial charge in [0, 0.05) is 30.2 Å². The van der Waals surface area contributed by atoms with Gasteiger partial charge < -0.3 is 15.4 Å². The normalized spacial score (nSPS) is 20.0. The van der Waals surface area contributed by atoms with E-state index >= 15 is 0 Å². The maximum atomic E-state index is 11.8. The number of pyridine rings is 1. The first kappa shape index (κ1) is 20.2. The number of nitrogens with zero attached hydrogens (tertiary/aromatic N) is 3. The van der Waals surface area contributed by atoms with Crippen molar-refractivity contribution in [2.45, 2.75) is 32.2 Å². The quantitative estimate of drug-likeness (QED) is 0.759. The Kier molecular flexibility index (Phi) is 5.38. The van der Waals surface area contributed by atoms with Crippen LogP contribution in [0.5, 0.6) is 5.75 Å². The molecule has 1 aromatic carbocycles. The van der Waals surface area contributed by atoms with Crippen LogP contribution in [0.15, 0.2) is 47.6 Å². The third kappa shape index (κ3) is 3.97. The molecular weight excluding hydrogens is 402 g/mol. The molecule has 4 rings (SSSR count). The summed E-state index contributed by atoms with van der Waals surface area (Å²) in [6.07, 6.45) is 6.82. The van der Waals surface area contributed by atoms with Crippen molar-refractivity contribution in [1.29, 1.82) is 0 Å². The molecule has 1 saturated heterocycles. The monoisotopic (exact) mass is 427 g/mol. The fourth-order valence-corrected chi connectivity index (χ4v) is 4.85. The van der Waals surface area contributed by atoms with Crippen molar-refractivity contribution in [3.8, 4) is 5.75 Å². The number of ether oxygens (including phenoxy) is 1. The first-order chi connectivity index (χ1) is 14.4. The minimum Gasteiger partial charge on any atom is -0.491 e. The van der Waals surface area contributed by atoms with E-state index in [1.165, 1.54) is 0 Å². The number of nitrogens with two attached hydrogens (primary N) is 1. The maximum absolute atomic E-state index is 11.8. The second-order valence-electron chi connectivity index (χ2n) is 7.52. The number of hydrogen-bond acceptors (Lipinski definition) is 6. The number of anilines is 1. The molecule has 2 aliphatic heterocycles. The number of aryl methyl sites for hydroxylation is 1. The van der Waals surface area contributed by atoms with Crippen LogP contribution in [-0.2, 0) is 10.2 Å². The zero-order chi connectivity index (χ0) is 21.3. The third-order valence-electron chi connectivity index (χ3n) is 5.48. The lowest BCUT2D eigenvalue weighted by atomic mass is 9.99. The summed E-state index contributed by atoms with van der Waals surface area (Å²) in [7, 11) is -3.82. The Bertz CT molecular complexity index is 1110. The van der Waals surface area contributed by atoms with E-state index in [1.807, 2.05) is 19.2 Å². The lowest BCUT2D eigenvalue weighted by Gasteiger charge is -2.39. The van der Waals surface area contributed by atoms with Gasteiger partial charge in [0.1, 0.15) is 12.4 Å². The summed E-state index contributed by atoms with van der Waals surface area (Å²) >= 11 is 0. The molecule has 1 atom stereocenters. The van der Waals surface area contributed by atoms with E-state index in [-0.39, 0.29) is 11.9 Å². The Labute approximate surface area is 176 Å². The molecule has 3 heterocycles. The molecule has 0 radical (unpaired) electrons. The second kappa shape index (κ2) is 7.98. The third-order valence-corrected chi connectivity index (χ3v) is 6.39. The summed E-state index contributed by atoms with van der Waals surface area (Å²) in [6, 6.07) is 7.28. The van der Waals surface area contributed by atoms with Gasteiger partial charge in [-0.2, -0.15) is 8.42 Å². The first-order valence-electron chi connectivity index (χ1n) is 9.86. The van der Waals surface area contributed by atoms with E-state index in [4.69, 9.17) is 10.5 Å². The highest BCUT2D eigenvalue weighted by atomic mass is 32.2. The number of aromatic nitrogens is 1. The molecule has 0 bridgehead atoms. The molecule has 1 fully saturated rings. The second-order valence-corrected chi connectivity index (χ2v) is 8.86. The predicted molar refractivity (Wildman–Crippen MR) is 118 cm³/mol. The van der Waals surface area contributed by atoms with Crippen LogP contribution in [0.1, 0.15) is 36.0 Å². The first-order valence-corrected chi connectivity index (χ1v) is 11.3. The predicted octanol–water partition coefficient (Wildman–Crippen LogP) is 2.67. The zero-order valence-corrected chi connectivity index (χ0v) is 17.7. The van der Waals surface area contributed by atoms with Crippen LogP contribution < -0.4 is 15.2 Å². The molecule has 1 aromatic heterocycles. The van der Waals surface area contributed by atoms with E-state index in [0.29, 0.717) is 23.6 Å². The van der Waals surface area contributed by atoms with Gasteiger partial charge in [0.05, 0.1) is 17.3 Å². The Morgan fingerprint density at radius 1 is 1.37 bits per heavy atom. The molecule has 2 aliphatic rings. The van der Waals surface area contributed by atoms with Crippen molar-refractivity contribution in [1.82, 2.24) is 9.88 Å². The Morgan fingerprint density at radius 3 is 3.00 bits per heavy atom. The fourth-order valence-electron chi connectivity index (χ4n) is 4.00. The maximum Gasteiger partial charge on any atom is 0.344 e. The van der Waals surface area contributed by atoms with E-state index in [1.54, 1.807) is 24.4 Å². The average molecular weight is 428 g/mol. The molecule has 158 valence electrons. The number of rotatable bonds is 5. The van der Waals surface area contributed by atoms with E-state index < -0.39 is 10.2 Å². The summed E-state index contributed by atoms with van der Waals surface area (Å²) < 4.78 is 35.6. The van der Waals surface area contributed by atoms with Gasteiger partial charge in [-0.15, -0.1) is 4.40 Å². The van der Waals surface area contributed by atoms with Crippen LogP contribution in [0.4, 0.5) is 5.69 Å². The number of fused-ring (bicyclic) bond motifs is 1. The van der Waals surface area contributed by atoms with Crippen molar-refractivity contribution >= 4 is 27.4 Å². The number of likely N-dealkylation sites (tertiary alicyclic amines) is 1. The molecule has 2 aromatic rings. The van der Waals surface area contributed by atoms with Crippen molar-refractivity contribution in [2.24, 2.45) is 10.1 Å². The van der Waals surface area contributed by atoms with Gasteiger partial charge in [0.25, 0.3) is 0 Å². The minimum absolute atomic E-state index is 0.0725. The molecule has 9 heteroatoms. The van der Waals surface area contributed by atoms with Crippen molar-refractivity contribution in [3.63, 3.8) is 0 Å². The smallest absolute Gasteiger partial charge is 0.344 e. The van der Waals surface area contributed by atoms with Gasteiger partial charge in [-0.3, -0.25) is 9.71 Å². The Morgan fingerprint density at radius 2 is 2.20 bits per heavy atom. The largest absolute Gasteiger partial charge is 0.491 e. The summed E-state index contributed by atoms with van der Waals surface area (Å²) in [6.45, 7) is 7.71. The van der Waals surface area contributed by atoms with Gasteiger partial charge in [0.2, 0.25) is 0 Å². The molecule has 0 saturated carbocycles. The van der Waals surface area contributed by atoms with Crippen LogP contribution in [0, 0.1) is 6.92 Å². The van der Waals surface area contributed by atoms with E-state index in [0.717, 1.165) is 42.6 Å². The summed E-state index contributed by atoms with van der Waals surface area (Å²) in [4.78, 5) is 6.46. The summed E-state index contributed by atoms with van der Waals surface area (Å²) in [5.41, 5.74) is 9.90. The molecule has 0 spiro atoms. The number of piperidine rings is 1. The lowest BCUT2D eigenvalue weighted by Crippen LogP contribution is -2.42. The molecule has 0 amide bonds. The highest BCUT2D eigenvalue weighted by molar-refractivity contribution is 7.91. The van der Waals surface area contributed by atoms with Gasteiger partial charge >= 0.3 is 10.2 Å². The van der Waals surface area contributed by atoms with Crippen LogP contribution in [-0.4, -0.2) is 43.3 Å². The Balaban J connectivity index is 1.55. The molecular formula is C21H25N5O3S. The number of benzene rings is 1. The Hall–Kier alpha value is -3.07. The molecule has 0 aliphatic carbocycles.